The highest BCUT2D eigenvalue weighted by molar-refractivity contribution is 7.20. The van der Waals surface area contributed by atoms with Crippen molar-refractivity contribution in [3.05, 3.63) is 62.6 Å². The molecule has 1 aromatic carbocycles. The average molecular weight is 456 g/mol. The topological polar surface area (TPSA) is 69.4 Å². The molecule has 0 fully saturated rings. The van der Waals surface area contributed by atoms with Crippen LogP contribution in [0.25, 0.3) is 10.2 Å². The molecule has 0 aliphatic heterocycles. The molecule has 0 unspecified atom stereocenters. The summed E-state index contributed by atoms with van der Waals surface area (Å²) < 4.78 is 10.9. The molecule has 0 bridgehead atoms. The Bertz CT molecular complexity index is 1050. The number of hydrogen-bond donors (Lipinski definition) is 0. The van der Waals surface area contributed by atoms with Gasteiger partial charge in [-0.25, -0.2) is 14.6 Å². The predicted molar refractivity (Wildman–Crippen MR) is 129 cm³/mol. The average Bonchev–Trinajstić information content (AvgIpc) is 3.14. The number of fused-ring (bicyclic) bond motifs is 1. The van der Waals surface area contributed by atoms with Crippen molar-refractivity contribution in [2.45, 2.75) is 84.7 Å². The zero-order chi connectivity index (χ0) is 22.8. The number of carbonyl (C=O) groups is 1. The Morgan fingerprint density at radius 2 is 1.66 bits per heavy atom. The van der Waals surface area contributed by atoms with Gasteiger partial charge in [0.15, 0.2) is 5.89 Å². The van der Waals surface area contributed by atoms with Gasteiger partial charge in [0.2, 0.25) is 0 Å². The zero-order valence-electron chi connectivity index (χ0n) is 19.2. The molecule has 0 aliphatic rings. The van der Waals surface area contributed by atoms with E-state index in [-0.39, 0.29) is 6.61 Å². The summed E-state index contributed by atoms with van der Waals surface area (Å²) in [5.41, 5.74) is 1.08. The molecule has 2 aromatic heterocycles. The van der Waals surface area contributed by atoms with E-state index in [1.807, 2.05) is 30.3 Å². The molecule has 3 aromatic rings. The second-order valence-electron chi connectivity index (χ2n) is 8.27. The Hall–Kier alpha value is -2.47. The van der Waals surface area contributed by atoms with Crippen molar-refractivity contribution in [3.63, 3.8) is 0 Å². The molecular formula is C26H33NO4S. The first kappa shape index (κ1) is 24.2. The SMILES string of the molecule is CCCCCCCCCCCc1nc2sc(C(=O)OCc3ccccc3)c(C)c2c(=O)o1. The van der Waals surface area contributed by atoms with E-state index >= 15 is 0 Å². The number of unbranched alkanes of at least 4 members (excludes halogenated alkanes) is 8. The molecule has 0 aliphatic carbocycles. The van der Waals surface area contributed by atoms with Gasteiger partial charge in [-0.05, 0) is 24.5 Å². The maximum absolute atomic E-state index is 12.6. The quantitative estimate of drug-likeness (QED) is 0.205. The van der Waals surface area contributed by atoms with Crippen molar-refractivity contribution in [2.24, 2.45) is 0 Å². The van der Waals surface area contributed by atoms with E-state index in [4.69, 9.17) is 9.15 Å². The Balaban J connectivity index is 1.54. The van der Waals surface area contributed by atoms with E-state index < -0.39 is 11.6 Å². The number of thiophene rings is 1. The molecule has 0 spiro atoms. The third kappa shape index (κ3) is 6.76. The Kier molecular flexibility index (Phi) is 9.47. The summed E-state index contributed by atoms with van der Waals surface area (Å²) in [6.45, 7) is 4.18. The number of aromatic nitrogens is 1. The van der Waals surface area contributed by atoms with Crippen LogP contribution in [0.3, 0.4) is 0 Å². The standard InChI is InChI=1S/C26H33NO4S/c1-3-4-5-6-7-8-9-10-14-17-21-27-24-22(25(28)31-21)19(2)23(32-24)26(29)30-18-20-15-12-11-13-16-20/h11-13,15-16H,3-10,14,17-18H2,1-2H3. The monoisotopic (exact) mass is 455 g/mol. The molecular weight excluding hydrogens is 422 g/mol. The molecule has 172 valence electrons. The van der Waals surface area contributed by atoms with Gasteiger partial charge in [-0.1, -0.05) is 88.6 Å². The Morgan fingerprint density at radius 3 is 2.34 bits per heavy atom. The van der Waals surface area contributed by atoms with Crippen LogP contribution in [0.1, 0.15) is 91.4 Å². The molecule has 2 heterocycles. The number of rotatable bonds is 13. The minimum absolute atomic E-state index is 0.194. The highest BCUT2D eigenvalue weighted by atomic mass is 32.1. The maximum Gasteiger partial charge on any atom is 0.349 e. The molecule has 0 amide bonds. The third-order valence-electron chi connectivity index (χ3n) is 5.66. The lowest BCUT2D eigenvalue weighted by atomic mass is 10.1. The van der Waals surface area contributed by atoms with E-state index in [9.17, 15) is 9.59 Å². The second kappa shape index (κ2) is 12.5. The van der Waals surface area contributed by atoms with Crippen LogP contribution in [0.2, 0.25) is 0 Å². The normalized spacial score (nSPS) is 11.2. The van der Waals surface area contributed by atoms with Crippen molar-refractivity contribution in [1.82, 2.24) is 4.98 Å². The van der Waals surface area contributed by atoms with Gasteiger partial charge in [-0.3, -0.25) is 0 Å². The third-order valence-corrected chi connectivity index (χ3v) is 6.83. The lowest BCUT2D eigenvalue weighted by Gasteiger charge is -2.03. The summed E-state index contributed by atoms with van der Waals surface area (Å²) in [6, 6.07) is 9.52. The smallest absolute Gasteiger partial charge is 0.349 e. The minimum Gasteiger partial charge on any atom is -0.457 e. The lowest BCUT2D eigenvalue weighted by Crippen LogP contribution is -2.07. The van der Waals surface area contributed by atoms with Gasteiger partial charge in [-0.15, -0.1) is 11.3 Å². The van der Waals surface area contributed by atoms with Gasteiger partial charge in [0.25, 0.3) is 0 Å². The van der Waals surface area contributed by atoms with E-state index in [0.717, 1.165) is 18.4 Å². The highest BCUT2D eigenvalue weighted by Gasteiger charge is 2.21. The van der Waals surface area contributed by atoms with Crippen LogP contribution in [0, 0.1) is 6.92 Å². The van der Waals surface area contributed by atoms with Gasteiger partial charge in [0, 0.05) is 6.42 Å². The van der Waals surface area contributed by atoms with Gasteiger partial charge < -0.3 is 9.15 Å². The largest absolute Gasteiger partial charge is 0.457 e. The van der Waals surface area contributed by atoms with Crippen LogP contribution in [-0.2, 0) is 17.8 Å². The molecule has 0 atom stereocenters. The van der Waals surface area contributed by atoms with Crippen LogP contribution in [-0.4, -0.2) is 11.0 Å². The van der Waals surface area contributed by atoms with Crippen molar-refractivity contribution < 1.29 is 13.9 Å². The number of esters is 1. The number of benzene rings is 1. The first-order valence-electron chi connectivity index (χ1n) is 11.7. The fourth-order valence-corrected chi connectivity index (χ4v) is 4.87. The molecule has 3 rings (SSSR count). The number of ether oxygens (including phenoxy) is 1. The Labute approximate surface area is 193 Å². The van der Waals surface area contributed by atoms with E-state index in [0.29, 0.717) is 33.0 Å². The summed E-state index contributed by atoms with van der Waals surface area (Å²) in [4.78, 5) is 30.6. The molecule has 0 saturated heterocycles. The first-order chi connectivity index (χ1) is 15.6. The molecule has 5 nitrogen and oxygen atoms in total. The fraction of sp³-hybridized carbons (Fsp3) is 0.500. The molecule has 0 radical (unpaired) electrons. The van der Waals surface area contributed by atoms with Gasteiger partial charge in [-0.2, -0.15) is 0 Å². The summed E-state index contributed by atoms with van der Waals surface area (Å²) in [5.74, 6) is 0.0186. The van der Waals surface area contributed by atoms with Crippen molar-refractivity contribution in [2.75, 3.05) is 0 Å². The zero-order valence-corrected chi connectivity index (χ0v) is 20.0. The van der Waals surface area contributed by atoms with Crippen LogP contribution < -0.4 is 5.63 Å². The minimum atomic E-state index is -0.436. The van der Waals surface area contributed by atoms with Gasteiger partial charge >= 0.3 is 11.6 Å². The van der Waals surface area contributed by atoms with Crippen LogP contribution >= 0.6 is 11.3 Å². The number of hydrogen-bond acceptors (Lipinski definition) is 6. The second-order valence-corrected chi connectivity index (χ2v) is 9.27. The van der Waals surface area contributed by atoms with Crippen molar-refractivity contribution in [1.29, 1.82) is 0 Å². The summed E-state index contributed by atoms with van der Waals surface area (Å²) in [6.07, 6.45) is 11.8. The first-order valence-corrected chi connectivity index (χ1v) is 12.6. The van der Waals surface area contributed by atoms with Gasteiger partial charge in [0.05, 0.1) is 0 Å². The summed E-state index contributed by atoms with van der Waals surface area (Å²) in [5, 5.41) is 0.387. The molecule has 0 N–H and O–H groups in total. The van der Waals surface area contributed by atoms with Gasteiger partial charge in [0.1, 0.15) is 21.7 Å². The summed E-state index contributed by atoms with van der Waals surface area (Å²) >= 11 is 1.21. The number of nitrogens with zero attached hydrogens (tertiary/aromatic N) is 1. The molecule has 6 heteroatoms. The van der Waals surface area contributed by atoms with Crippen LogP contribution in [0.15, 0.2) is 39.5 Å². The van der Waals surface area contributed by atoms with E-state index in [1.54, 1.807) is 6.92 Å². The van der Waals surface area contributed by atoms with Crippen molar-refractivity contribution in [3.8, 4) is 0 Å². The lowest BCUT2D eigenvalue weighted by molar-refractivity contribution is 0.0478. The fourth-order valence-electron chi connectivity index (χ4n) is 3.79. The van der Waals surface area contributed by atoms with Crippen LogP contribution in [0.4, 0.5) is 0 Å². The molecule has 0 saturated carbocycles. The predicted octanol–water partition coefficient (Wildman–Crippen LogP) is 6.99. The van der Waals surface area contributed by atoms with E-state index in [2.05, 4.69) is 11.9 Å². The summed E-state index contributed by atoms with van der Waals surface area (Å²) in [7, 11) is 0. The Morgan fingerprint density at radius 1 is 1.00 bits per heavy atom. The molecule has 32 heavy (non-hydrogen) atoms. The maximum atomic E-state index is 12.6. The van der Waals surface area contributed by atoms with Crippen molar-refractivity contribution >= 4 is 27.5 Å². The van der Waals surface area contributed by atoms with E-state index in [1.165, 1.54) is 56.3 Å². The highest BCUT2D eigenvalue weighted by Crippen LogP contribution is 2.28. The number of carbonyl (C=O) groups excluding carboxylic acids is 1. The van der Waals surface area contributed by atoms with Crippen LogP contribution in [0.5, 0.6) is 0 Å². The number of aryl methyl sites for hydroxylation is 2.